The zero-order chi connectivity index (χ0) is 16.2. The molecule has 0 fully saturated rings. The molecular formula is C12H18N4O4S. The molecule has 0 aromatic heterocycles. The van der Waals surface area contributed by atoms with Gasteiger partial charge in [-0.3, -0.25) is 9.59 Å². The minimum Gasteiger partial charge on any atom is -0.370 e. The van der Waals surface area contributed by atoms with Gasteiger partial charge in [0.05, 0.1) is 23.4 Å². The predicted molar refractivity (Wildman–Crippen MR) is 76.2 cm³/mol. The maximum atomic E-state index is 11.7. The number of primary sulfonamides is 1. The Labute approximate surface area is 122 Å². The van der Waals surface area contributed by atoms with Crippen molar-refractivity contribution in [1.29, 1.82) is 0 Å². The van der Waals surface area contributed by atoms with E-state index >= 15 is 0 Å². The Kier molecular flexibility index (Phi) is 5.41. The lowest BCUT2D eigenvalue weighted by Gasteiger charge is -2.17. The SMILES string of the molecule is CC(NC(=O)C(N)CC(N)=O)c1ccc(S(N)(=O)=O)cc1. The number of carbonyl (C=O) groups excluding carboxylic acids is 2. The number of amides is 2. The van der Waals surface area contributed by atoms with Crippen molar-refractivity contribution in [3.8, 4) is 0 Å². The summed E-state index contributed by atoms with van der Waals surface area (Å²) in [6, 6.07) is 4.32. The van der Waals surface area contributed by atoms with Crippen molar-refractivity contribution in [2.24, 2.45) is 16.6 Å². The molecule has 9 heteroatoms. The first-order valence-electron chi connectivity index (χ1n) is 6.08. The van der Waals surface area contributed by atoms with Crippen LogP contribution in [0.15, 0.2) is 29.2 Å². The second-order valence-corrected chi connectivity index (χ2v) is 6.18. The smallest absolute Gasteiger partial charge is 0.238 e. The van der Waals surface area contributed by atoms with Crippen LogP contribution in [0, 0.1) is 0 Å². The fourth-order valence-corrected chi connectivity index (χ4v) is 2.17. The molecule has 8 nitrogen and oxygen atoms in total. The Morgan fingerprint density at radius 3 is 2.19 bits per heavy atom. The second-order valence-electron chi connectivity index (χ2n) is 4.62. The first-order chi connectivity index (χ1) is 9.61. The first-order valence-corrected chi connectivity index (χ1v) is 7.63. The fourth-order valence-electron chi connectivity index (χ4n) is 1.66. The number of carbonyl (C=O) groups is 2. The first kappa shape index (κ1) is 17.1. The van der Waals surface area contributed by atoms with Crippen LogP contribution in [0.3, 0.4) is 0 Å². The third-order valence-corrected chi connectivity index (χ3v) is 3.75. The van der Waals surface area contributed by atoms with Crippen LogP contribution >= 0.6 is 0 Å². The Morgan fingerprint density at radius 2 is 1.76 bits per heavy atom. The topological polar surface area (TPSA) is 158 Å². The molecule has 0 bridgehead atoms. The molecule has 0 saturated carbocycles. The van der Waals surface area contributed by atoms with E-state index in [-0.39, 0.29) is 11.3 Å². The monoisotopic (exact) mass is 314 g/mol. The molecule has 21 heavy (non-hydrogen) atoms. The molecule has 0 saturated heterocycles. The number of hydrogen-bond donors (Lipinski definition) is 4. The summed E-state index contributed by atoms with van der Waals surface area (Å²) in [6.07, 6.45) is -0.247. The fraction of sp³-hybridized carbons (Fsp3) is 0.333. The van der Waals surface area contributed by atoms with Crippen molar-refractivity contribution in [2.75, 3.05) is 0 Å². The summed E-state index contributed by atoms with van der Waals surface area (Å²) in [5.41, 5.74) is 11.1. The van der Waals surface area contributed by atoms with Crippen molar-refractivity contribution in [3.05, 3.63) is 29.8 Å². The van der Waals surface area contributed by atoms with Crippen molar-refractivity contribution in [3.63, 3.8) is 0 Å². The molecule has 7 N–H and O–H groups in total. The summed E-state index contributed by atoms with van der Waals surface area (Å²) in [7, 11) is -3.75. The van der Waals surface area contributed by atoms with Crippen LogP contribution in [0.2, 0.25) is 0 Å². The van der Waals surface area contributed by atoms with Crippen LogP contribution in [0.5, 0.6) is 0 Å². The van der Waals surface area contributed by atoms with E-state index in [2.05, 4.69) is 5.32 Å². The molecule has 0 heterocycles. The zero-order valence-corrected chi connectivity index (χ0v) is 12.3. The lowest BCUT2D eigenvalue weighted by Crippen LogP contribution is -2.43. The largest absolute Gasteiger partial charge is 0.370 e. The van der Waals surface area contributed by atoms with E-state index < -0.39 is 33.9 Å². The van der Waals surface area contributed by atoms with Gasteiger partial charge in [-0.1, -0.05) is 12.1 Å². The minimum absolute atomic E-state index is 0.0183. The van der Waals surface area contributed by atoms with Gasteiger partial charge in [0.25, 0.3) is 0 Å². The van der Waals surface area contributed by atoms with Crippen LogP contribution in [0.4, 0.5) is 0 Å². The van der Waals surface area contributed by atoms with Crippen LogP contribution < -0.4 is 21.9 Å². The number of hydrogen-bond acceptors (Lipinski definition) is 5. The molecular weight excluding hydrogens is 296 g/mol. The van der Waals surface area contributed by atoms with Gasteiger partial charge in [-0.25, -0.2) is 13.6 Å². The van der Waals surface area contributed by atoms with Crippen LogP contribution in [-0.4, -0.2) is 26.3 Å². The number of nitrogens with one attached hydrogen (secondary N) is 1. The molecule has 2 unspecified atom stereocenters. The number of sulfonamides is 1. The van der Waals surface area contributed by atoms with E-state index in [0.29, 0.717) is 5.56 Å². The maximum absolute atomic E-state index is 11.7. The van der Waals surface area contributed by atoms with Gasteiger partial charge < -0.3 is 16.8 Å². The van der Waals surface area contributed by atoms with Gasteiger partial charge in [0.2, 0.25) is 21.8 Å². The molecule has 1 aromatic rings. The molecule has 0 aliphatic carbocycles. The van der Waals surface area contributed by atoms with E-state index in [1.54, 1.807) is 6.92 Å². The van der Waals surface area contributed by atoms with Crippen molar-refractivity contribution < 1.29 is 18.0 Å². The van der Waals surface area contributed by atoms with Gasteiger partial charge in [0.15, 0.2) is 0 Å². The van der Waals surface area contributed by atoms with Crippen molar-refractivity contribution in [1.82, 2.24) is 5.32 Å². The number of primary amides is 1. The highest BCUT2D eigenvalue weighted by Gasteiger charge is 2.18. The van der Waals surface area contributed by atoms with Gasteiger partial charge >= 0.3 is 0 Å². The van der Waals surface area contributed by atoms with Crippen LogP contribution in [-0.2, 0) is 19.6 Å². The van der Waals surface area contributed by atoms with E-state index in [1.807, 2.05) is 0 Å². The Bertz CT molecular complexity index is 627. The van der Waals surface area contributed by atoms with Crippen LogP contribution in [0.25, 0.3) is 0 Å². The van der Waals surface area contributed by atoms with Gasteiger partial charge in [-0.05, 0) is 24.6 Å². The normalized spacial score (nSPS) is 14.2. The highest BCUT2D eigenvalue weighted by Crippen LogP contribution is 2.15. The molecule has 2 atom stereocenters. The highest BCUT2D eigenvalue weighted by molar-refractivity contribution is 7.89. The summed E-state index contributed by atoms with van der Waals surface area (Å²) in [4.78, 5) is 22.4. The summed E-state index contributed by atoms with van der Waals surface area (Å²) in [5, 5.41) is 7.60. The standard InChI is InChI=1S/C12H18N4O4S/c1-7(16-12(18)10(13)6-11(14)17)8-2-4-9(5-3-8)21(15,19)20/h2-5,7,10H,6,13H2,1H3,(H2,14,17)(H,16,18)(H2,15,19,20). The van der Waals surface area contributed by atoms with E-state index in [1.165, 1.54) is 24.3 Å². The molecule has 116 valence electrons. The third-order valence-electron chi connectivity index (χ3n) is 2.83. The molecule has 1 rings (SSSR count). The quantitative estimate of drug-likeness (QED) is 0.513. The Hall–Kier alpha value is -1.97. The zero-order valence-electron chi connectivity index (χ0n) is 11.4. The van der Waals surface area contributed by atoms with E-state index in [9.17, 15) is 18.0 Å². The molecule has 1 aromatic carbocycles. The Morgan fingerprint density at radius 1 is 1.24 bits per heavy atom. The van der Waals surface area contributed by atoms with Crippen molar-refractivity contribution >= 4 is 21.8 Å². The molecule has 0 aliphatic heterocycles. The van der Waals surface area contributed by atoms with Gasteiger partial charge in [-0.2, -0.15) is 0 Å². The van der Waals surface area contributed by atoms with Crippen LogP contribution in [0.1, 0.15) is 24.9 Å². The highest BCUT2D eigenvalue weighted by atomic mass is 32.2. The van der Waals surface area contributed by atoms with Crippen molar-refractivity contribution in [2.45, 2.75) is 30.3 Å². The molecule has 0 spiro atoms. The Balaban J connectivity index is 2.74. The molecule has 0 radical (unpaired) electrons. The number of nitrogens with two attached hydrogens (primary N) is 3. The van der Waals surface area contributed by atoms with E-state index in [4.69, 9.17) is 16.6 Å². The summed E-state index contributed by atoms with van der Waals surface area (Å²) in [6.45, 7) is 1.70. The lowest BCUT2D eigenvalue weighted by atomic mass is 10.1. The number of rotatable bonds is 6. The van der Waals surface area contributed by atoms with Gasteiger partial charge in [0.1, 0.15) is 0 Å². The van der Waals surface area contributed by atoms with Gasteiger partial charge in [0, 0.05) is 0 Å². The second kappa shape index (κ2) is 6.66. The van der Waals surface area contributed by atoms with E-state index in [0.717, 1.165) is 0 Å². The molecule has 0 aliphatic rings. The average molecular weight is 314 g/mol. The summed E-state index contributed by atoms with van der Waals surface area (Å²) in [5.74, 6) is -1.18. The average Bonchev–Trinajstić information content (AvgIpc) is 2.36. The summed E-state index contributed by atoms with van der Waals surface area (Å²) < 4.78 is 22.3. The minimum atomic E-state index is -3.75. The molecule has 2 amide bonds. The maximum Gasteiger partial charge on any atom is 0.238 e. The lowest BCUT2D eigenvalue weighted by molar-refractivity contribution is -0.126. The van der Waals surface area contributed by atoms with Gasteiger partial charge in [-0.15, -0.1) is 0 Å². The number of benzene rings is 1. The summed E-state index contributed by atoms with van der Waals surface area (Å²) >= 11 is 0. The predicted octanol–water partition coefficient (Wildman–Crippen LogP) is -1.29. The third kappa shape index (κ3) is 5.14.